The minimum absolute atomic E-state index is 0.0664. The van der Waals surface area contributed by atoms with E-state index in [9.17, 15) is 22.8 Å². The molecule has 0 bridgehead atoms. The van der Waals surface area contributed by atoms with E-state index in [4.69, 9.17) is 32.7 Å². The van der Waals surface area contributed by atoms with Crippen LogP contribution in [0, 0.1) is 0 Å². The molecule has 0 radical (unpaired) electrons. The largest absolute Gasteiger partial charge is 0.497 e. The van der Waals surface area contributed by atoms with Crippen molar-refractivity contribution in [1.29, 1.82) is 0 Å². The van der Waals surface area contributed by atoms with Crippen molar-refractivity contribution in [3.05, 3.63) is 87.5 Å². The highest BCUT2D eigenvalue weighted by molar-refractivity contribution is 6.48. The Labute approximate surface area is 219 Å². The van der Waals surface area contributed by atoms with Crippen LogP contribution in [0.15, 0.2) is 60.7 Å². The lowest BCUT2D eigenvalue weighted by Gasteiger charge is -2.16. The Balaban J connectivity index is 1.89. The van der Waals surface area contributed by atoms with E-state index in [1.165, 1.54) is 62.8 Å². The third-order valence-corrected chi connectivity index (χ3v) is 6.23. The van der Waals surface area contributed by atoms with Crippen molar-refractivity contribution in [2.75, 3.05) is 19.5 Å². The number of carbonyl (C=O) groups is 2. The molecule has 0 aliphatic carbocycles. The lowest BCUT2D eigenvalue weighted by Crippen LogP contribution is -2.26. The molecule has 0 unspecified atom stereocenters. The molecule has 0 aliphatic heterocycles. The molecular weight excluding hydrogens is 532 g/mol. The van der Waals surface area contributed by atoms with Gasteiger partial charge in [-0.25, -0.2) is 0 Å². The van der Waals surface area contributed by atoms with E-state index in [1.807, 2.05) is 0 Å². The zero-order chi connectivity index (χ0) is 26.9. The van der Waals surface area contributed by atoms with E-state index in [-0.39, 0.29) is 33.9 Å². The number of ether oxygens (including phenoxy) is 2. The number of Topliss-reactive ketones (excluding diaryl/α,β-unsaturated/α-hetero) is 1. The number of amides is 1. The molecule has 192 valence electrons. The molecular formula is C26H19Cl2F3N2O4. The Hall–Kier alpha value is -3.69. The fraction of sp³-hybridized carbons (Fsp3) is 0.154. The highest BCUT2D eigenvalue weighted by Gasteiger charge is 2.42. The minimum atomic E-state index is -4.99. The van der Waals surface area contributed by atoms with E-state index in [1.54, 1.807) is 12.1 Å². The topological polar surface area (TPSA) is 69.6 Å². The first-order valence-electron chi connectivity index (χ1n) is 10.7. The number of carbonyl (C=O) groups excluding carboxylic acids is 2. The molecule has 1 heterocycles. The number of hydrogen-bond donors (Lipinski definition) is 1. The monoisotopic (exact) mass is 550 g/mol. The van der Waals surface area contributed by atoms with Gasteiger partial charge in [0.05, 0.1) is 19.8 Å². The summed E-state index contributed by atoms with van der Waals surface area (Å²) in [5.74, 6) is -2.01. The van der Waals surface area contributed by atoms with Gasteiger partial charge in [0.15, 0.2) is 0 Å². The molecule has 4 aromatic rings. The number of benzene rings is 3. The van der Waals surface area contributed by atoms with Crippen molar-refractivity contribution in [2.45, 2.75) is 12.7 Å². The SMILES string of the molecule is COc1cccc(NC(=O)C(=O)c2c(C(F)(F)F)n(Cc3ccc(Cl)cc3Cl)c3ccc(OC)cc23)c1. The van der Waals surface area contributed by atoms with Crippen molar-refractivity contribution in [3.63, 3.8) is 0 Å². The summed E-state index contributed by atoms with van der Waals surface area (Å²) < 4.78 is 54.8. The van der Waals surface area contributed by atoms with Crippen LogP contribution in [-0.2, 0) is 17.5 Å². The summed E-state index contributed by atoms with van der Waals surface area (Å²) in [7, 11) is 2.75. The highest BCUT2D eigenvalue weighted by atomic mass is 35.5. The molecule has 0 fully saturated rings. The summed E-state index contributed by atoms with van der Waals surface area (Å²) in [4.78, 5) is 26.2. The van der Waals surface area contributed by atoms with Crippen LogP contribution in [0.5, 0.6) is 11.5 Å². The van der Waals surface area contributed by atoms with Gasteiger partial charge in [-0.2, -0.15) is 13.2 Å². The van der Waals surface area contributed by atoms with Crippen LogP contribution in [0.1, 0.15) is 21.6 Å². The van der Waals surface area contributed by atoms with Crippen molar-refractivity contribution >= 4 is 51.5 Å². The Morgan fingerprint density at radius 1 is 0.946 bits per heavy atom. The summed E-state index contributed by atoms with van der Waals surface area (Å²) in [6, 6.07) is 14.6. The Morgan fingerprint density at radius 3 is 2.30 bits per heavy atom. The molecule has 0 saturated carbocycles. The maximum Gasteiger partial charge on any atom is 0.432 e. The zero-order valence-electron chi connectivity index (χ0n) is 19.5. The zero-order valence-corrected chi connectivity index (χ0v) is 21.0. The van der Waals surface area contributed by atoms with Gasteiger partial charge < -0.3 is 19.4 Å². The van der Waals surface area contributed by atoms with E-state index in [0.29, 0.717) is 16.3 Å². The highest BCUT2D eigenvalue weighted by Crippen LogP contribution is 2.40. The first kappa shape index (κ1) is 26.4. The standard InChI is InChI=1S/C26H19Cl2F3N2O4/c1-36-17-5-3-4-16(11-17)32-25(35)23(34)22-19-12-18(37-2)8-9-21(19)33(24(22)26(29,30)31)13-14-6-7-15(27)10-20(14)28/h3-12H,13H2,1-2H3,(H,32,35). The predicted octanol–water partition coefficient (Wildman–Crippen LogP) is 6.85. The summed E-state index contributed by atoms with van der Waals surface area (Å²) in [6.45, 7) is -0.335. The maximum absolute atomic E-state index is 14.5. The fourth-order valence-corrected chi connectivity index (χ4v) is 4.44. The van der Waals surface area contributed by atoms with Gasteiger partial charge in [0, 0.05) is 39.2 Å². The predicted molar refractivity (Wildman–Crippen MR) is 135 cm³/mol. The molecule has 1 aromatic heterocycles. The van der Waals surface area contributed by atoms with Crippen LogP contribution < -0.4 is 14.8 Å². The number of aromatic nitrogens is 1. The molecule has 11 heteroatoms. The first-order chi connectivity index (χ1) is 17.5. The summed E-state index contributed by atoms with van der Waals surface area (Å²) in [5, 5.41) is 2.72. The number of ketones is 1. The number of fused-ring (bicyclic) bond motifs is 1. The summed E-state index contributed by atoms with van der Waals surface area (Å²) >= 11 is 12.2. The molecule has 1 N–H and O–H groups in total. The molecule has 37 heavy (non-hydrogen) atoms. The van der Waals surface area contributed by atoms with Gasteiger partial charge in [-0.3, -0.25) is 9.59 Å². The molecule has 1 amide bonds. The minimum Gasteiger partial charge on any atom is -0.497 e. The number of nitrogens with one attached hydrogen (secondary N) is 1. The number of anilines is 1. The van der Waals surface area contributed by atoms with E-state index in [2.05, 4.69) is 5.32 Å². The quantitative estimate of drug-likeness (QED) is 0.202. The Kier molecular flexibility index (Phi) is 7.38. The number of hydrogen-bond acceptors (Lipinski definition) is 4. The second-order valence-electron chi connectivity index (χ2n) is 7.94. The van der Waals surface area contributed by atoms with E-state index >= 15 is 0 Å². The lowest BCUT2D eigenvalue weighted by molar-refractivity contribution is -0.143. The van der Waals surface area contributed by atoms with Gasteiger partial charge in [-0.1, -0.05) is 35.3 Å². The average molecular weight is 551 g/mol. The van der Waals surface area contributed by atoms with E-state index < -0.39 is 29.1 Å². The Bertz CT molecular complexity index is 1520. The van der Waals surface area contributed by atoms with Gasteiger partial charge in [0.2, 0.25) is 0 Å². The van der Waals surface area contributed by atoms with E-state index in [0.717, 1.165) is 4.57 Å². The Morgan fingerprint density at radius 2 is 1.65 bits per heavy atom. The maximum atomic E-state index is 14.5. The molecule has 0 aliphatic rings. The van der Waals surface area contributed by atoms with Crippen LogP contribution >= 0.6 is 23.2 Å². The van der Waals surface area contributed by atoms with Gasteiger partial charge in [0.25, 0.3) is 11.7 Å². The third-order valence-electron chi connectivity index (χ3n) is 5.64. The number of alkyl halides is 3. The molecule has 4 rings (SSSR count). The number of halogens is 5. The van der Waals surface area contributed by atoms with Gasteiger partial charge in [0.1, 0.15) is 17.2 Å². The molecule has 0 saturated heterocycles. The summed E-state index contributed by atoms with van der Waals surface area (Å²) in [6.07, 6.45) is -4.99. The molecule has 0 atom stereocenters. The van der Waals surface area contributed by atoms with Crippen LogP contribution in [0.4, 0.5) is 18.9 Å². The van der Waals surface area contributed by atoms with Gasteiger partial charge in [-0.15, -0.1) is 0 Å². The van der Waals surface area contributed by atoms with Crippen LogP contribution in [0.25, 0.3) is 10.9 Å². The summed E-state index contributed by atoms with van der Waals surface area (Å²) in [5.41, 5.74) is -1.50. The van der Waals surface area contributed by atoms with Crippen LogP contribution in [-0.4, -0.2) is 30.5 Å². The fourth-order valence-electron chi connectivity index (χ4n) is 3.97. The van der Waals surface area contributed by atoms with Gasteiger partial charge >= 0.3 is 6.18 Å². The number of rotatable bonds is 7. The third kappa shape index (κ3) is 5.38. The van der Waals surface area contributed by atoms with Crippen LogP contribution in [0.2, 0.25) is 10.0 Å². The van der Waals surface area contributed by atoms with Crippen molar-refractivity contribution in [2.24, 2.45) is 0 Å². The van der Waals surface area contributed by atoms with Crippen molar-refractivity contribution in [3.8, 4) is 11.5 Å². The number of methoxy groups -OCH3 is 2. The average Bonchev–Trinajstić information content (AvgIpc) is 3.19. The molecule has 6 nitrogen and oxygen atoms in total. The normalized spacial score (nSPS) is 11.4. The number of nitrogens with zero attached hydrogens (tertiary/aromatic N) is 1. The molecule has 0 spiro atoms. The second kappa shape index (κ2) is 10.4. The smallest absolute Gasteiger partial charge is 0.432 e. The van der Waals surface area contributed by atoms with Gasteiger partial charge in [-0.05, 0) is 48.0 Å². The lowest BCUT2D eigenvalue weighted by atomic mass is 10.0. The molecule has 3 aromatic carbocycles. The second-order valence-corrected chi connectivity index (χ2v) is 8.79. The van der Waals surface area contributed by atoms with Crippen molar-refractivity contribution < 1.29 is 32.2 Å². The first-order valence-corrected chi connectivity index (χ1v) is 11.5. The van der Waals surface area contributed by atoms with Crippen LogP contribution in [0.3, 0.4) is 0 Å². The van der Waals surface area contributed by atoms with Crippen molar-refractivity contribution in [1.82, 2.24) is 4.57 Å².